The molecule has 0 aliphatic carbocycles. The minimum Gasteiger partial charge on any atom is -0.492 e. The second-order valence-electron chi connectivity index (χ2n) is 7.83. The van der Waals surface area contributed by atoms with Gasteiger partial charge in [0.05, 0.1) is 17.3 Å². The van der Waals surface area contributed by atoms with Crippen molar-refractivity contribution >= 4 is 46.3 Å². The number of allylic oxidation sites excluding steroid dienone is 1. The summed E-state index contributed by atoms with van der Waals surface area (Å²) in [5, 5.41) is 13.8. The Balaban J connectivity index is 1.18. The third kappa shape index (κ3) is 5.81. The molecule has 4 aromatic rings. The van der Waals surface area contributed by atoms with E-state index in [1.807, 2.05) is 24.3 Å². The zero-order valence-corrected chi connectivity index (χ0v) is 22.3. The molecular formula is C25H22Cl2N4O3S2. The molecule has 0 radical (unpaired) electrons. The molecular weight excluding hydrogens is 539 g/mol. The molecule has 0 bridgehead atoms. The van der Waals surface area contributed by atoms with E-state index in [0.717, 1.165) is 51.6 Å². The van der Waals surface area contributed by atoms with Gasteiger partial charge in [-0.15, -0.1) is 28.1 Å². The zero-order chi connectivity index (χ0) is 24.9. The summed E-state index contributed by atoms with van der Waals surface area (Å²) in [6.07, 6.45) is 3.34. The highest BCUT2D eigenvalue weighted by Crippen LogP contribution is 2.37. The maximum Gasteiger partial charge on any atom is 0.231 e. The molecule has 36 heavy (non-hydrogen) atoms. The minimum atomic E-state index is 0.260. The highest BCUT2D eigenvalue weighted by atomic mass is 35.5. The standard InChI is InChI=1S/C25H22Cl2N4O3S2/c1-2-9-31-23(4-3-10-32-20-8-6-17(26)12-19(20)27)29-30-25(31)36-14-18-13-35-24(28-18)16-5-7-21-22(11-16)34-15-33-21/h2,5-8,11-13H,1,3-4,9-10,14-15H2. The molecule has 3 heterocycles. The van der Waals surface area contributed by atoms with Gasteiger partial charge >= 0.3 is 0 Å². The van der Waals surface area contributed by atoms with Gasteiger partial charge in [0, 0.05) is 34.7 Å². The van der Waals surface area contributed by atoms with Crippen LogP contribution >= 0.6 is 46.3 Å². The zero-order valence-electron chi connectivity index (χ0n) is 19.2. The van der Waals surface area contributed by atoms with E-state index in [1.54, 1.807) is 41.3 Å². The summed E-state index contributed by atoms with van der Waals surface area (Å²) in [5.41, 5.74) is 2.00. The predicted octanol–water partition coefficient (Wildman–Crippen LogP) is 6.93. The topological polar surface area (TPSA) is 71.3 Å². The average molecular weight is 562 g/mol. The molecule has 0 saturated heterocycles. The molecule has 0 saturated carbocycles. The van der Waals surface area contributed by atoms with Crippen molar-refractivity contribution in [2.45, 2.75) is 30.3 Å². The molecule has 1 aliphatic heterocycles. The molecule has 0 N–H and O–H groups in total. The van der Waals surface area contributed by atoms with Crippen molar-refractivity contribution in [3.63, 3.8) is 0 Å². The fraction of sp³-hybridized carbons (Fsp3) is 0.240. The number of halogens is 2. The minimum absolute atomic E-state index is 0.260. The first-order valence-corrected chi connectivity index (χ1v) is 13.8. The number of hydrogen-bond donors (Lipinski definition) is 0. The summed E-state index contributed by atoms with van der Waals surface area (Å²) < 4.78 is 18.8. The lowest BCUT2D eigenvalue weighted by Gasteiger charge is -2.09. The van der Waals surface area contributed by atoms with Gasteiger partial charge in [0.25, 0.3) is 0 Å². The van der Waals surface area contributed by atoms with Crippen LogP contribution < -0.4 is 14.2 Å². The molecule has 5 rings (SSSR count). The van der Waals surface area contributed by atoms with E-state index in [1.165, 1.54) is 0 Å². The lowest BCUT2D eigenvalue weighted by molar-refractivity contribution is 0.174. The Hall–Kier alpha value is -2.72. The maximum atomic E-state index is 6.17. The lowest BCUT2D eigenvalue weighted by Crippen LogP contribution is -2.07. The van der Waals surface area contributed by atoms with E-state index in [2.05, 4.69) is 26.7 Å². The van der Waals surface area contributed by atoms with Gasteiger partial charge in [-0.1, -0.05) is 41.0 Å². The summed E-state index contributed by atoms with van der Waals surface area (Å²) in [5.74, 6) is 3.72. The van der Waals surface area contributed by atoms with Gasteiger partial charge in [-0.2, -0.15) is 0 Å². The van der Waals surface area contributed by atoms with Crippen molar-refractivity contribution in [3.05, 3.63) is 76.0 Å². The van der Waals surface area contributed by atoms with Crippen LogP contribution in [0, 0.1) is 0 Å². The van der Waals surface area contributed by atoms with Crippen molar-refractivity contribution in [3.8, 4) is 27.8 Å². The summed E-state index contributed by atoms with van der Waals surface area (Å²) >= 11 is 15.3. The van der Waals surface area contributed by atoms with Gasteiger partial charge in [0.2, 0.25) is 6.79 Å². The smallest absolute Gasteiger partial charge is 0.231 e. The third-order valence-electron chi connectivity index (χ3n) is 5.32. The first-order valence-electron chi connectivity index (χ1n) is 11.2. The summed E-state index contributed by atoms with van der Waals surface area (Å²) in [4.78, 5) is 4.79. The van der Waals surface area contributed by atoms with E-state index in [4.69, 9.17) is 42.4 Å². The van der Waals surface area contributed by atoms with Gasteiger partial charge in [0.1, 0.15) is 16.6 Å². The largest absolute Gasteiger partial charge is 0.492 e. The van der Waals surface area contributed by atoms with Crippen LogP contribution in [0.2, 0.25) is 10.0 Å². The number of thioether (sulfide) groups is 1. The quantitative estimate of drug-likeness (QED) is 0.112. The molecule has 0 amide bonds. The number of aromatic nitrogens is 4. The van der Waals surface area contributed by atoms with Crippen LogP contribution in [0.4, 0.5) is 0 Å². The summed E-state index contributed by atoms with van der Waals surface area (Å²) in [6, 6.07) is 11.1. The molecule has 0 atom stereocenters. The number of benzene rings is 2. The van der Waals surface area contributed by atoms with Gasteiger partial charge < -0.3 is 18.8 Å². The Labute approximate surface area is 227 Å². The molecule has 7 nitrogen and oxygen atoms in total. The van der Waals surface area contributed by atoms with Crippen LogP contribution in [0.1, 0.15) is 17.9 Å². The van der Waals surface area contributed by atoms with Crippen LogP contribution in [0.15, 0.2) is 59.6 Å². The third-order valence-corrected chi connectivity index (χ3v) is 7.79. The summed E-state index contributed by atoms with van der Waals surface area (Å²) in [6.45, 7) is 5.28. The normalized spacial score (nSPS) is 12.2. The highest BCUT2D eigenvalue weighted by Gasteiger charge is 2.16. The van der Waals surface area contributed by atoms with Crippen molar-refractivity contribution in [2.24, 2.45) is 0 Å². The van der Waals surface area contributed by atoms with Gasteiger partial charge in [-0.3, -0.25) is 0 Å². The number of fused-ring (bicyclic) bond motifs is 1. The van der Waals surface area contributed by atoms with E-state index in [-0.39, 0.29) is 6.79 Å². The Morgan fingerprint density at radius 3 is 2.89 bits per heavy atom. The summed E-state index contributed by atoms with van der Waals surface area (Å²) in [7, 11) is 0. The molecule has 2 aromatic carbocycles. The van der Waals surface area contributed by atoms with Crippen LogP contribution in [-0.2, 0) is 18.7 Å². The molecule has 11 heteroatoms. The Morgan fingerprint density at radius 1 is 1.14 bits per heavy atom. The predicted molar refractivity (Wildman–Crippen MR) is 144 cm³/mol. The van der Waals surface area contributed by atoms with E-state index in [9.17, 15) is 0 Å². The van der Waals surface area contributed by atoms with Gasteiger partial charge in [-0.25, -0.2) is 4.98 Å². The van der Waals surface area contributed by atoms with Crippen LogP contribution in [0.3, 0.4) is 0 Å². The number of ether oxygens (including phenoxy) is 3. The number of aryl methyl sites for hydroxylation is 1. The Morgan fingerprint density at radius 2 is 2.03 bits per heavy atom. The van der Waals surface area contributed by atoms with Crippen molar-refractivity contribution < 1.29 is 14.2 Å². The van der Waals surface area contributed by atoms with Crippen LogP contribution in [-0.4, -0.2) is 33.1 Å². The lowest BCUT2D eigenvalue weighted by atomic mass is 10.2. The first kappa shape index (κ1) is 25.0. The first-order chi connectivity index (χ1) is 17.6. The van der Waals surface area contributed by atoms with Crippen molar-refractivity contribution in [1.82, 2.24) is 19.7 Å². The Bertz CT molecular complexity index is 1380. The van der Waals surface area contributed by atoms with Gasteiger partial charge in [-0.05, 0) is 42.8 Å². The van der Waals surface area contributed by atoms with Crippen LogP contribution in [0.25, 0.3) is 10.6 Å². The fourth-order valence-electron chi connectivity index (χ4n) is 3.60. The molecule has 1 aliphatic rings. The highest BCUT2D eigenvalue weighted by molar-refractivity contribution is 7.98. The number of hydrogen-bond acceptors (Lipinski definition) is 8. The van der Waals surface area contributed by atoms with E-state index < -0.39 is 0 Å². The molecule has 2 aromatic heterocycles. The number of thiazole rings is 1. The number of nitrogens with zero attached hydrogens (tertiary/aromatic N) is 4. The van der Waals surface area contributed by atoms with Crippen LogP contribution in [0.5, 0.6) is 17.2 Å². The van der Waals surface area contributed by atoms with Crippen molar-refractivity contribution in [1.29, 1.82) is 0 Å². The molecule has 0 unspecified atom stereocenters. The van der Waals surface area contributed by atoms with Gasteiger partial charge in [0.15, 0.2) is 16.7 Å². The molecule has 0 spiro atoms. The Kier molecular flexibility index (Phi) is 8.01. The van der Waals surface area contributed by atoms with Crippen molar-refractivity contribution in [2.75, 3.05) is 13.4 Å². The second kappa shape index (κ2) is 11.6. The SMILES string of the molecule is C=CCn1c(CCCOc2ccc(Cl)cc2Cl)nnc1SCc1csc(-c2ccc3c(c2)OCO3)n1. The molecule has 186 valence electrons. The fourth-order valence-corrected chi connectivity index (χ4v) is 5.85. The molecule has 0 fully saturated rings. The number of rotatable bonds is 11. The monoisotopic (exact) mass is 560 g/mol. The maximum absolute atomic E-state index is 6.17. The van der Waals surface area contributed by atoms with E-state index >= 15 is 0 Å². The second-order valence-corrected chi connectivity index (χ2v) is 10.5. The average Bonchev–Trinajstić information content (AvgIpc) is 3.62. The van der Waals surface area contributed by atoms with E-state index in [0.29, 0.717) is 34.7 Å².